The first-order valence-electron chi connectivity index (χ1n) is 2.61. The first-order valence-corrected chi connectivity index (χ1v) is 2.61. The first kappa shape index (κ1) is 8.80. The van der Waals surface area contributed by atoms with Gasteiger partial charge in [-0.1, -0.05) is 19.7 Å². The fourth-order valence-electron chi connectivity index (χ4n) is 0.460. The second kappa shape index (κ2) is 3.76. The van der Waals surface area contributed by atoms with E-state index < -0.39 is 0 Å². The molecule has 0 fully saturated rings. The van der Waals surface area contributed by atoms with Crippen LogP contribution in [0.5, 0.6) is 0 Å². The summed E-state index contributed by atoms with van der Waals surface area (Å²) in [6.45, 7) is 4.08. The molecule has 0 N–H and O–H groups in total. The Hall–Kier alpha value is -0.198. The summed E-state index contributed by atoms with van der Waals surface area (Å²) in [4.78, 5) is 3.89. The minimum atomic E-state index is 0. The van der Waals surface area contributed by atoms with Gasteiger partial charge in [-0.15, -0.1) is 0 Å². The Balaban J connectivity index is 0.000000640. The monoisotopic (exact) mass is 297 g/mol. The normalized spacial score (nSPS) is 9.22. The third kappa shape index (κ3) is 2.25. The maximum atomic E-state index is 3.89. The molecule has 0 saturated heterocycles. The average Bonchev–Trinajstić information content (AvgIpc) is 2.12. The van der Waals surface area contributed by atoms with Crippen LogP contribution in [-0.4, -0.2) is 10.1 Å². The molecule has 1 heterocycles. The van der Waals surface area contributed by atoms with Gasteiger partial charge in [0.25, 0.3) is 0 Å². The van der Waals surface area contributed by atoms with Gasteiger partial charge >= 0.3 is 0 Å². The van der Waals surface area contributed by atoms with Crippen molar-refractivity contribution < 1.29 is 20.4 Å². The summed E-state index contributed by atoms with van der Waals surface area (Å²) in [6.07, 6.45) is 1.47. The van der Waals surface area contributed by atoms with E-state index in [1.165, 1.54) is 6.33 Å². The molecule has 0 aliphatic carbocycles. The molecule has 1 radical (unpaired) electrons. The Kier molecular flexibility index (Phi) is 3.67. The molecule has 0 spiro atoms. The zero-order chi connectivity index (χ0) is 5.98. The van der Waals surface area contributed by atoms with Crippen molar-refractivity contribution in [3.8, 4) is 0 Å². The topological polar surface area (TPSA) is 39.9 Å². The second-order valence-electron chi connectivity index (χ2n) is 1.97. The molecule has 0 aromatic carbocycles. The van der Waals surface area contributed by atoms with Gasteiger partial charge in [-0.3, -0.25) is 5.10 Å². The molecule has 0 saturated carbocycles. The molecule has 3 nitrogen and oxygen atoms in total. The molecule has 4 heteroatoms. The molecule has 1 rings (SSSR count). The summed E-state index contributed by atoms with van der Waals surface area (Å²) in [7, 11) is 0. The Morgan fingerprint density at radius 1 is 1.56 bits per heavy atom. The van der Waals surface area contributed by atoms with Gasteiger partial charge in [-0.05, 0) is 5.92 Å². The van der Waals surface area contributed by atoms with Crippen LogP contribution in [0.3, 0.4) is 0 Å². The summed E-state index contributed by atoms with van der Waals surface area (Å²) in [5.41, 5.74) is 0. The molecule has 0 aliphatic heterocycles. The van der Waals surface area contributed by atoms with Crippen LogP contribution in [0.4, 0.5) is 0 Å². The van der Waals surface area contributed by atoms with E-state index in [9.17, 15) is 0 Å². The Morgan fingerprint density at radius 2 is 2.22 bits per heavy atom. The summed E-state index contributed by atoms with van der Waals surface area (Å²) < 4.78 is 0. The molecule has 0 bridgehead atoms. The second-order valence-corrected chi connectivity index (χ2v) is 1.97. The number of hydrogen-bond donors (Lipinski definition) is 0. The Labute approximate surface area is 67.9 Å². The van der Waals surface area contributed by atoms with Crippen molar-refractivity contribution in [3.05, 3.63) is 12.2 Å². The molecule has 0 aliphatic rings. The van der Waals surface area contributed by atoms with E-state index in [1.807, 2.05) is 13.8 Å². The van der Waals surface area contributed by atoms with Gasteiger partial charge in [-0.2, -0.15) is 0 Å². The van der Waals surface area contributed by atoms with E-state index in [2.05, 4.69) is 15.2 Å². The van der Waals surface area contributed by atoms with Crippen molar-refractivity contribution >= 4 is 0 Å². The smallest absolute Gasteiger partial charge is 0.0122 e. The zero-order valence-electron chi connectivity index (χ0n) is 5.37. The number of rotatable bonds is 1. The molecule has 9 heavy (non-hydrogen) atoms. The summed E-state index contributed by atoms with van der Waals surface area (Å²) in [5.74, 6) is 1.22. The Bertz CT molecular complexity index is 147. The summed E-state index contributed by atoms with van der Waals surface area (Å²) >= 11 is 0. The minimum absolute atomic E-state index is 0. The van der Waals surface area contributed by atoms with Gasteiger partial charge in [0.05, 0.1) is 0 Å². The van der Waals surface area contributed by atoms with E-state index in [4.69, 9.17) is 0 Å². The largest absolute Gasteiger partial charge is 0.429 e. The predicted octanol–water partition coefficient (Wildman–Crippen LogP) is 0.555. The van der Waals surface area contributed by atoms with Gasteiger partial charge in [0, 0.05) is 26.8 Å². The molecule has 0 atom stereocenters. The Morgan fingerprint density at radius 3 is 2.44 bits per heavy atom. The quantitative estimate of drug-likeness (QED) is 0.760. The third-order valence-electron chi connectivity index (χ3n) is 0.918. The van der Waals surface area contributed by atoms with Crippen molar-refractivity contribution in [1.29, 1.82) is 0 Å². The summed E-state index contributed by atoms with van der Waals surface area (Å²) in [6, 6.07) is 0. The fraction of sp³-hybridized carbons (Fsp3) is 0.600. The van der Waals surface area contributed by atoms with Crippen LogP contribution in [0.25, 0.3) is 0 Å². The van der Waals surface area contributed by atoms with Crippen molar-refractivity contribution in [2.45, 2.75) is 19.8 Å². The SMILES string of the molecule is CC(C)c1ncn[n-]1.[Re]. The first-order chi connectivity index (χ1) is 3.80. The van der Waals surface area contributed by atoms with Crippen molar-refractivity contribution in [2.75, 3.05) is 0 Å². The predicted molar refractivity (Wildman–Crippen MR) is 29.4 cm³/mol. The van der Waals surface area contributed by atoms with Crippen molar-refractivity contribution in [2.24, 2.45) is 0 Å². The van der Waals surface area contributed by atoms with Crippen LogP contribution in [0.15, 0.2) is 6.33 Å². The van der Waals surface area contributed by atoms with E-state index >= 15 is 0 Å². The van der Waals surface area contributed by atoms with Crippen LogP contribution < -0.4 is 5.10 Å². The van der Waals surface area contributed by atoms with E-state index in [-0.39, 0.29) is 20.4 Å². The standard InChI is InChI=1S/C5H8N3.Re/c1-4(2)5-6-3-7-8-5;/h3-4H,1-2H3;/q-1;. The van der Waals surface area contributed by atoms with Crippen molar-refractivity contribution in [3.63, 3.8) is 0 Å². The van der Waals surface area contributed by atoms with Crippen LogP contribution in [0, 0.1) is 0 Å². The van der Waals surface area contributed by atoms with Gasteiger partial charge in [0.1, 0.15) is 0 Å². The van der Waals surface area contributed by atoms with Crippen molar-refractivity contribution in [1.82, 2.24) is 15.2 Å². The molecule has 1 aromatic rings. The fourth-order valence-corrected chi connectivity index (χ4v) is 0.460. The minimum Gasteiger partial charge on any atom is -0.429 e. The number of aromatic nitrogens is 3. The van der Waals surface area contributed by atoms with Crippen LogP contribution >= 0.6 is 0 Å². The van der Waals surface area contributed by atoms with Gasteiger partial charge in [0.15, 0.2) is 0 Å². The van der Waals surface area contributed by atoms with E-state index in [1.54, 1.807) is 0 Å². The molecule has 1 aromatic heterocycles. The van der Waals surface area contributed by atoms with Crippen LogP contribution in [0.2, 0.25) is 0 Å². The van der Waals surface area contributed by atoms with Crippen LogP contribution in [-0.2, 0) is 20.4 Å². The maximum absolute atomic E-state index is 3.89. The number of nitrogens with zero attached hydrogens (tertiary/aromatic N) is 3. The van der Waals surface area contributed by atoms with Gasteiger partial charge < -0.3 is 10.1 Å². The molecular weight excluding hydrogens is 288 g/mol. The molecular formula is C5H8N3Re-. The average molecular weight is 296 g/mol. The molecule has 51 valence electrons. The molecule has 0 unspecified atom stereocenters. The zero-order valence-corrected chi connectivity index (χ0v) is 8.09. The van der Waals surface area contributed by atoms with Crippen LogP contribution in [0.1, 0.15) is 25.6 Å². The number of hydrogen-bond acceptors (Lipinski definition) is 2. The van der Waals surface area contributed by atoms with Gasteiger partial charge in [-0.25, -0.2) is 0 Å². The van der Waals surface area contributed by atoms with E-state index in [0.717, 1.165) is 5.82 Å². The molecule has 0 amide bonds. The van der Waals surface area contributed by atoms with Gasteiger partial charge in [0.2, 0.25) is 0 Å². The third-order valence-corrected chi connectivity index (χ3v) is 0.918. The maximum Gasteiger partial charge on any atom is 0.0122 e. The summed E-state index contributed by atoms with van der Waals surface area (Å²) in [5, 5.41) is 7.34. The van der Waals surface area contributed by atoms with E-state index in [0.29, 0.717) is 5.92 Å².